The van der Waals surface area contributed by atoms with Gasteiger partial charge in [0.05, 0.1) is 11.4 Å². The second-order valence-corrected chi connectivity index (χ2v) is 18.1. The van der Waals surface area contributed by atoms with Gasteiger partial charge < -0.3 is 63.9 Å². The van der Waals surface area contributed by atoms with Crippen molar-refractivity contribution >= 4 is 34.2 Å². The van der Waals surface area contributed by atoms with Crippen molar-refractivity contribution in [1.82, 2.24) is 88.0 Å². The molecule has 0 aliphatic rings. The molecule has 0 aliphatic carbocycles. The average molecular weight is 1680 g/mol. The maximum atomic E-state index is 4.07. The van der Waals surface area contributed by atoms with Crippen molar-refractivity contribution in [1.29, 1.82) is 0 Å². The van der Waals surface area contributed by atoms with Crippen molar-refractivity contribution in [2.45, 2.75) is 111 Å². The van der Waals surface area contributed by atoms with Crippen LogP contribution in [0, 0.1) is 160 Å². The molecule has 9 aromatic heterocycles. The maximum absolute atomic E-state index is 4.07. The third kappa shape index (κ3) is 40.6. The van der Waals surface area contributed by atoms with E-state index in [0.29, 0.717) is 0 Å². The Balaban J connectivity index is -0.000000111. The molecule has 0 saturated carbocycles. The van der Waals surface area contributed by atoms with E-state index in [1.165, 1.54) is 45.5 Å². The smallest absolute Gasteiger partial charge is 0.0825 e. The first kappa shape index (κ1) is 94.2. The van der Waals surface area contributed by atoms with Gasteiger partial charge in [-0.25, -0.2) is 23.0 Å². The Morgan fingerprint density at radius 3 is 1.17 bits per heavy atom. The first-order chi connectivity index (χ1) is 31.3. The number of imidazole rings is 1. The van der Waals surface area contributed by atoms with E-state index in [4.69, 9.17) is 0 Å². The van der Waals surface area contributed by atoms with Crippen molar-refractivity contribution in [3.05, 3.63) is 137 Å². The average Bonchev–Trinajstić information content (AvgIpc) is 4.21. The van der Waals surface area contributed by atoms with Gasteiger partial charge in [-0.2, -0.15) is 11.1 Å². The number of aromatic nitrogens is 18. The Kier molecular flexibility index (Phi) is 65.7. The summed E-state index contributed by atoms with van der Waals surface area (Å²) < 4.78 is 14.7. The van der Waals surface area contributed by atoms with E-state index in [1.54, 1.807) is 25.4 Å². The van der Waals surface area contributed by atoms with Crippen molar-refractivity contribution in [3.63, 3.8) is 0 Å². The molecule has 8 radical (unpaired) electrons. The first-order valence-corrected chi connectivity index (χ1v) is 23.1. The van der Waals surface area contributed by atoms with Crippen molar-refractivity contribution in [2.75, 3.05) is 0 Å². The summed E-state index contributed by atoms with van der Waals surface area (Å²) in [6.07, 6.45) is 16.5. The van der Waals surface area contributed by atoms with Gasteiger partial charge in [0.2, 0.25) is 0 Å². The van der Waals surface area contributed by atoms with Crippen LogP contribution in [0.2, 0.25) is 0 Å². The molecular weight excluding hydrogens is 1610 g/mol. The molecule has 0 amide bonds. The Bertz CT molecular complexity index is 2450. The van der Waals surface area contributed by atoms with Crippen LogP contribution in [0.3, 0.4) is 0 Å². The van der Waals surface area contributed by atoms with Crippen molar-refractivity contribution in [3.8, 4) is 0 Å². The molecule has 75 heavy (non-hydrogen) atoms. The molecule has 0 spiro atoms. The van der Waals surface area contributed by atoms with E-state index in [1.807, 2.05) is 134 Å². The fourth-order valence-corrected chi connectivity index (χ4v) is 5.55. The van der Waals surface area contributed by atoms with Crippen LogP contribution in [0.1, 0.15) is 88.1 Å². The minimum atomic E-state index is 0. The van der Waals surface area contributed by atoms with Gasteiger partial charge in [-0.05, 0) is 77.2 Å². The summed E-state index contributed by atoms with van der Waals surface area (Å²) >= 11 is 4.47. The summed E-state index contributed by atoms with van der Waals surface area (Å²) in [5, 5.41) is 29.4. The van der Waals surface area contributed by atoms with E-state index in [0.717, 1.165) is 65.5 Å². The standard InChI is InChI=1S/C8H12N.3C6H9N2.C5H9N3.C5H6NS.C4H6N3.2C3H3N2S.8Y/c1-6-5-7(2)9(4)8(6)3;1-5-4-7-6(2)8(5)3;1-5-4-8(3)7-6(5)2;1-5-4-7-8(3)6(5)2;1-4-5(2)8(3)7-6-4;1-4-3-6-5(2)7-4;1-4-5-3-6-7(4)2;1-3-5-4-2-6-3;1-3-4-2-5-6-3;;;;;;;;/h1-4H3;4*1-3H3;2*1-2H3;2*1H3;;;;;;;;/q4*-1;;4*-1;;;;;;;;. The fourth-order valence-electron chi connectivity index (χ4n) is 4.33. The van der Waals surface area contributed by atoms with Crippen LogP contribution >= 0.6 is 34.2 Å². The number of nitrogens with zero attached hydrogens (tertiary/aromatic N) is 18. The third-order valence-electron chi connectivity index (χ3n) is 9.59. The number of rotatable bonds is 0. The summed E-state index contributed by atoms with van der Waals surface area (Å²) in [4.78, 5) is 16.5. The van der Waals surface area contributed by atoms with E-state index in [-0.39, 0.29) is 262 Å². The maximum Gasteiger partial charge on any atom is 0.0825 e. The zero-order chi connectivity index (χ0) is 51.0. The van der Waals surface area contributed by atoms with Gasteiger partial charge >= 0.3 is 0 Å². The number of aryl methyl sites for hydroxylation is 17. The van der Waals surface area contributed by atoms with Gasteiger partial charge in [0.15, 0.2) is 0 Å². The van der Waals surface area contributed by atoms with Crippen LogP contribution < -0.4 is 0 Å². The molecular formula is C46H66N18S3Y8-8. The predicted octanol–water partition coefficient (Wildman–Crippen LogP) is 7.45. The minimum absolute atomic E-state index is 0. The molecule has 0 N–H and O–H groups in total. The summed E-state index contributed by atoms with van der Waals surface area (Å²) in [6.45, 7) is 31.8. The fraction of sp³-hybridized carbons (Fsp3) is 0.478. The van der Waals surface area contributed by atoms with Crippen LogP contribution in [0.5, 0.6) is 0 Å². The van der Waals surface area contributed by atoms with Crippen LogP contribution in [0.4, 0.5) is 0 Å². The number of hydrogen-bond acceptors (Lipinski definition) is 15. The molecule has 9 heterocycles. The molecule has 0 aromatic carbocycles. The summed E-state index contributed by atoms with van der Waals surface area (Å²) in [6, 6.07) is 3.24. The van der Waals surface area contributed by atoms with Gasteiger partial charge in [-0.15, -0.1) is 52.8 Å². The summed E-state index contributed by atoms with van der Waals surface area (Å²) in [7, 11) is 11.6. The minimum Gasteiger partial charge on any atom is -0.446 e. The molecule has 18 nitrogen and oxygen atoms in total. The van der Waals surface area contributed by atoms with Gasteiger partial charge in [-0.3, -0.25) is 25.1 Å². The predicted molar refractivity (Wildman–Crippen MR) is 265 cm³/mol. The van der Waals surface area contributed by atoms with Crippen molar-refractivity contribution in [2.24, 2.45) is 42.3 Å². The SMILES string of the molecule is Cc1[c-]c(C)n(C)c1C.Cc1[c-]n(C)nc1C.Cc1[c-]nc(C)n1C.Cc1[c-]nc(C)s1.Cc1[c-]nn(C)c1C.Cc1n[c-]nn1C.Cc1n[c-]ns1.Cc1nn[c-]s1.Cc1nnn(C)c1C.[Y].[Y].[Y].[Y].[Y].[Y].[Y].[Y]. The molecule has 0 bridgehead atoms. The largest absolute Gasteiger partial charge is 0.446 e. The van der Waals surface area contributed by atoms with Crippen LogP contribution in [-0.2, 0) is 304 Å². The van der Waals surface area contributed by atoms with Gasteiger partial charge in [0.1, 0.15) is 0 Å². The Morgan fingerprint density at radius 1 is 0.453 bits per heavy atom. The van der Waals surface area contributed by atoms with E-state index >= 15 is 0 Å². The second kappa shape index (κ2) is 52.3. The normalized spacial score (nSPS) is 8.61. The summed E-state index contributed by atoms with van der Waals surface area (Å²) in [5.74, 6) is 1.91. The Labute approximate surface area is 661 Å². The van der Waals surface area contributed by atoms with Gasteiger partial charge in [-0.1, -0.05) is 120 Å². The molecule has 0 fully saturated rings. The van der Waals surface area contributed by atoms with E-state index in [2.05, 4.69) is 142 Å². The molecule has 29 heteroatoms. The zero-order valence-electron chi connectivity index (χ0n) is 47.9. The van der Waals surface area contributed by atoms with Crippen molar-refractivity contribution < 1.29 is 262 Å². The topological polar surface area (TPSA) is 184 Å². The number of hydrogen-bond donors (Lipinski definition) is 0. The Hall–Kier alpha value is 2.77. The molecule has 9 rings (SSSR count). The quantitative estimate of drug-likeness (QED) is 0.137. The second-order valence-electron chi connectivity index (χ2n) is 14.8. The molecule has 0 saturated heterocycles. The Morgan fingerprint density at radius 2 is 1.05 bits per heavy atom. The van der Waals surface area contributed by atoms with Crippen LogP contribution in [0.25, 0.3) is 0 Å². The zero-order valence-corrected chi connectivity index (χ0v) is 73.0. The first-order valence-electron chi connectivity index (χ1n) is 20.7. The molecule has 390 valence electrons. The number of thiazole rings is 1. The van der Waals surface area contributed by atoms with Gasteiger partial charge in [0.25, 0.3) is 0 Å². The molecule has 0 aliphatic heterocycles. The molecule has 9 aromatic rings. The van der Waals surface area contributed by atoms with E-state index < -0.39 is 0 Å². The third-order valence-corrected chi connectivity index (χ3v) is 11.5. The van der Waals surface area contributed by atoms with Crippen LogP contribution in [-0.4, -0.2) is 88.0 Å². The monoisotopic (exact) mass is 1680 g/mol. The molecule has 0 atom stereocenters. The molecule has 0 unspecified atom stereocenters. The van der Waals surface area contributed by atoms with E-state index in [9.17, 15) is 0 Å². The van der Waals surface area contributed by atoms with Gasteiger partial charge in [0, 0.05) is 290 Å². The van der Waals surface area contributed by atoms with Crippen LogP contribution in [0.15, 0.2) is 0 Å². The summed E-state index contributed by atoms with van der Waals surface area (Å²) in [5.41, 5.74) is 14.1.